The molecule has 0 bridgehead atoms. The van der Waals surface area contributed by atoms with E-state index in [1.165, 1.54) is 24.9 Å². The smallest absolute Gasteiger partial charge is 0.274 e. The van der Waals surface area contributed by atoms with Gasteiger partial charge in [-0.25, -0.2) is 0 Å². The topological polar surface area (TPSA) is 110 Å². The standard InChI is InChI=1S/C13H14N2O5S/c1-14-13(19)10-9-11(18)8(21-5-3-2-4-16)6-7(17)12(9)20-15-10/h6,16H,2-5H2,1H3,(H,14,19). The Morgan fingerprint density at radius 2 is 2.19 bits per heavy atom. The van der Waals surface area contributed by atoms with Gasteiger partial charge < -0.3 is 14.9 Å². The quantitative estimate of drug-likeness (QED) is 0.748. The maximum Gasteiger partial charge on any atom is 0.274 e. The number of hydrogen-bond donors (Lipinski definition) is 2. The summed E-state index contributed by atoms with van der Waals surface area (Å²) in [5, 5.41) is 14.6. The summed E-state index contributed by atoms with van der Waals surface area (Å²) in [4.78, 5) is 36.2. The van der Waals surface area contributed by atoms with E-state index in [-0.39, 0.29) is 28.5 Å². The van der Waals surface area contributed by atoms with Crippen LogP contribution in [0.3, 0.4) is 0 Å². The average molecular weight is 310 g/mol. The van der Waals surface area contributed by atoms with Gasteiger partial charge in [-0.15, -0.1) is 11.8 Å². The van der Waals surface area contributed by atoms with Crippen LogP contribution >= 0.6 is 11.8 Å². The average Bonchev–Trinajstić information content (AvgIpc) is 2.93. The Morgan fingerprint density at radius 1 is 1.43 bits per heavy atom. The number of ketones is 2. The normalized spacial score (nSPS) is 13.9. The molecule has 1 aromatic heterocycles. The first kappa shape index (κ1) is 15.5. The molecule has 0 unspecified atom stereocenters. The molecule has 0 saturated heterocycles. The molecule has 1 aliphatic carbocycles. The number of fused-ring (bicyclic) bond motifs is 1. The van der Waals surface area contributed by atoms with Crippen molar-refractivity contribution in [2.24, 2.45) is 0 Å². The summed E-state index contributed by atoms with van der Waals surface area (Å²) in [5.41, 5.74) is -0.251. The van der Waals surface area contributed by atoms with Crippen molar-refractivity contribution in [1.82, 2.24) is 10.5 Å². The van der Waals surface area contributed by atoms with Crippen molar-refractivity contribution in [1.29, 1.82) is 0 Å². The van der Waals surface area contributed by atoms with Gasteiger partial charge in [0, 0.05) is 19.7 Å². The van der Waals surface area contributed by atoms with Crippen LogP contribution in [0.1, 0.15) is 44.2 Å². The number of nitrogens with zero attached hydrogens (tertiary/aromatic N) is 1. The van der Waals surface area contributed by atoms with Crippen LogP contribution in [0.2, 0.25) is 0 Å². The Kier molecular flexibility index (Phi) is 4.92. The minimum atomic E-state index is -0.576. The Balaban J connectivity index is 2.23. The lowest BCUT2D eigenvalue weighted by Gasteiger charge is -2.10. The molecule has 2 rings (SSSR count). The third-order valence-corrected chi connectivity index (χ3v) is 3.99. The predicted molar refractivity (Wildman–Crippen MR) is 75.4 cm³/mol. The van der Waals surface area contributed by atoms with Crippen molar-refractivity contribution in [3.8, 4) is 0 Å². The maximum atomic E-state index is 12.4. The summed E-state index contributed by atoms with van der Waals surface area (Å²) in [7, 11) is 1.40. The molecule has 0 spiro atoms. The number of thioether (sulfide) groups is 1. The second-order valence-corrected chi connectivity index (χ2v) is 5.43. The number of Topliss-reactive ketones (excluding diaryl/α,β-unsaturated/α-hetero) is 1. The van der Waals surface area contributed by atoms with Crippen LogP contribution < -0.4 is 5.32 Å². The first-order valence-electron chi connectivity index (χ1n) is 6.36. The van der Waals surface area contributed by atoms with Crippen LogP contribution in [0.5, 0.6) is 0 Å². The molecule has 0 radical (unpaired) electrons. The predicted octanol–water partition coefficient (Wildman–Crippen LogP) is 0.803. The van der Waals surface area contributed by atoms with E-state index in [0.29, 0.717) is 12.2 Å². The molecule has 2 N–H and O–H groups in total. The highest BCUT2D eigenvalue weighted by Crippen LogP contribution is 2.30. The largest absolute Gasteiger partial charge is 0.396 e. The van der Waals surface area contributed by atoms with Crippen LogP contribution in [0.25, 0.3) is 0 Å². The highest BCUT2D eigenvalue weighted by Gasteiger charge is 2.35. The second-order valence-electron chi connectivity index (χ2n) is 4.30. The lowest BCUT2D eigenvalue weighted by atomic mass is 10.00. The number of nitrogens with one attached hydrogen (secondary N) is 1. The van der Waals surface area contributed by atoms with Gasteiger partial charge in [0.15, 0.2) is 5.69 Å². The summed E-state index contributed by atoms with van der Waals surface area (Å²) in [5.74, 6) is -1.08. The number of amides is 1. The van der Waals surface area contributed by atoms with E-state index >= 15 is 0 Å². The summed E-state index contributed by atoms with van der Waals surface area (Å²) in [6, 6.07) is 0. The molecule has 0 fully saturated rings. The number of rotatable bonds is 6. The summed E-state index contributed by atoms with van der Waals surface area (Å²) in [6.45, 7) is 0.0864. The van der Waals surface area contributed by atoms with Crippen molar-refractivity contribution in [3.05, 3.63) is 28.0 Å². The fraction of sp³-hybridized carbons (Fsp3) is 0.385. The molecule has 8 heteroatoms. The number of aliphatic hydroxyl groups is 1. The maximum absolute atomic E-state index is 12.4. The monoisotopic (exact) mass is 310 g/mol. The van der Waals surface area contributed by atoms with Crippen molar-refractivity contribution >= 4 is 29.2 Å². The SMILES string of the molecule is CNC(=O)c1noc2c1C(=O)C(SCCCCO)=CC2=O. The van der Waals surface area contributed by atoms with E-state index in [1.807, 2.05) is 0 Å². The van der Waals surface area contributed by atoms with Gasteiger partial charge in [0.25, 0.3) is 5.91 Å². The minimum absolute atomic E-state index is 0.0773. The van der Waals surface area contributed by atoms with Gasteiger partial charge in [0.05, 0.1) is 4.91 Å². The molecule has 7 nitrogen and oxygen atoms in total. The van der Waals surface area contributed by atoms with Gasteiger partial charge >= 0.3 is 0 Å². The van der Waals surface area contributed by atoms with Gasteiger partial charge in [-0.2, -0.15) is 0 Å². The van der Waals surface area contributed by atoms with Crippen LogP contribution in [0, 0.1) is 0 Å². The van der Waals surface area contributed by atoms with Crippen LogP contribution in [-0.2, 0) is 0 Å². The lowest BCUT2D eigenvalue weighted by Crippen LogP contribution is -2.23. The highest BCUT2D eigenvalue weighted by molar-refractivity contribution is 8.04. The lowest BCUT2D eigenvalue weighted by molar-refractivity contribution is 0.0944. The number of carbonyl (C=O) groups excluding carboxylic acids is 3. The van der Waals surface area contributed by atoms with Gasteiger partial charge in [-0.1, -0.05) is 5.16 Å². The molecule has 0 atom stereocenters. The fourth-order valence-electron chi connectivity index (χ4n) is 1.82. The molecule has 21 heavy (non-hydrogen) atoms. The summed E-state index contributed by atoms with van der Waals surface area (Å²) >= 11 is 1.22. The molecule has 1 amide bonds. The third kappa shape index (κ3) is 3.06. The number of aromatic nitrogens is 1. The molecule has 1 aliphatic rings. The number of allylic oxidation sites excluding steroid dienone is 2. The number of hydrogen-bond acceptors (Lipinski definition) is 7. The zero-order valence-corrected chi connectivity index (χ0v) is 12.2. The second kappa shape index (κ2) is 6.68. The number of carbonyl (C=O) groups is 3. The molecule has 1 heterocycles. The van der Waals surface area contributed by atoms with Crippen LogP contribution in [0.15, 0.2) is 15.5 Å². The molecule has 1 aromatic rings. The van der Waals surface area contributed by atoms with Gasteiger partial charge in [0.1, 0.15) is 5.56 Å². The molecule has 0 saturated carbocycles. The van der Waals surface area contributed by atoms with E-state index in [9.17, 15) is 14.4 Å². The van der Waals surface area contributed by atoms with Crippen LogP contribution in [-0.4, -0.2) is 47.1 Å². The van der Waals surface area contributed by atoms with Crippen molar-refractivity contribution in [2.75, 3.05) is 19.4 Å². The summed E-state index contributed by atoms with van der Waals surface area (Å²) in [6.07, 6.45) is 2.55. The Labute approximate surface area is 124 Å². The highest BCUT2D eigenvalue weighted by atomic mass is 32.2. The first-order valence-corrected chi connectivity index (χ1v) is 7.34. The molecule has 0 aromatic carbocycles. The van der Waals surface area contributed by atoms with E-state index in [1.54, 1.807) is 0 Å². The Morgan fingerprint density at radius 3 is 2.86 bits per heavy atom. The zero-order chi connectivity index (χ0) is 15.4. The molecular weight excluding hydrogens is 296 g/mol. The molecule has 0 aliphatic heterocycles. The van der Waals surface area contributed by atoms with Crippen molar-refractivity contribution in [3.63, 3.8) is 0 Å². The molecular formula is C13H14N2O5S. The van der Waals surface area contributed by atoms with E-state index in [2.05, 4.69) is 10.5 Å². The number of aliphatic hydroxyl groups excluding tert-OH is 1. The van der Waals surface area contributed by atoms with Gasteiger partial charge in [-0.05, 0) is 18.6 Å². The van der Waals surface area contributed by atoms with E-state index in [4.69, 9.17) is 9.63 Å². The number of unbranched alkanes of at least 4 members (excludes halogenated alkanes) is 1. The third-order valence-electron chi connectivity index (χ3n) is 2.88. The van der Waals surface area contributed by atoms with Crippen LogP contribution in [0.4, 0.5) is 0 Å². The fourth-order valence-corrected chi connectivity index (χ4v) is 2.81. The van der Waals surface area contributed by atoms with Crippen molar-refractivity contribution in [2.45, 2.75) is 12.8 Å². The Hall–Kier alpha value is -1.93. The van der Waals surface area contributed by atoms with Gasteiger partial charge in [-0.3, -0.25) is 14.4 Å². The van der Waals surface area contributed by atoms with Crippen molar-refractivity contribution < 1.29 is 24.0 Å². The minimum Gasteiger partial charge on any atom is -0.396 e. The Bertz CT molecular complexity index is 620. The first-order chi connectivity index (χ1) is 10.1. The summed E-state index contributed by atoms with van der Waals surface area (Å²) < 4.78 is 4.82. The van der Waals surface area contributed by atoms with E-state index in [0.717, 1.165) is 6.42 Å². The molecule has 112 valence electrons. The van der Waals surface area contributed by atoms with E-state index < -0.39 is 17.5 Å². The zero-order valence-electron chi connectivity index (χ0n) is 11.3. The van der Waals surface area contributed by atoms with Gasteiger partial charge in [0.2, 0.25) is 17.3 Å².